The molecule has 0 aliphatic rings. The summed E-state index contributed by atoms with van der Waals surface area (Å²) in [5.41, 5.74) is -0.384. The lowest BCUT2D eigenvalue weighted by Gasteiger charge is -2.07. The zero-order chi connectivity index (χ0) is 14.0. The average Bonchev–Trinajstić information content (AvgIpc) is 2.42. The zero-order valence-electron chi connectivity index (χ0n) is 9.91. The predicted molar refractivity (Wildman–Crippen MR) is 63.1 cm³/mol. The Morgan fingerprint density at radius 1 is 1.00 bits per heavy atom. The van der Waals surface area contributed by atoms with Gasteiger partial charge < -0.3 is 4.74 Å². The van der Waals surface area contributed by atoms with E-state index in [0.29, 0.717) is 0 Å². The Balaban J connectivity index is 2.61. The smallest absolute Gasteiger partial charge is 0.337 e. The third-order valence-corrected chi connectivity index (χ3v) is 2.63. The second-order valence-corrected chi connectivity index (χ2v) is 3.79. The summed E-state index contributed by atoms with van der Waals surface area (Å²) in [5.74, 6) is -3.68. The molecule has 2 aromatic carbocycles. The molecule has 0 spiro atoms. The van der Waals surface area contributed by atoms with Crippen molar-refractivity contribution in [3.05, 3.63) is 59.4 Å². The Labute approximate surface area is 107 Å². The van der Waals surface area contributed by atoms with Crippen molar-refractivity contribution >= 4 is 5.97 Å². The van der Waals surface area contributed by atoms with Crippen molar-refractivity contribution in [2.24, 2.45) is 0 Å². The predicted octanol–water partition coefficient (Wildman–Crippen LogP) is 3.56. The van der Waals surface area contributed by atoms with Crippen LogP contribution in [0.3, 0.4) is 0 Å². The topological polar surface area (TPSA) is 26.3 Å². The van der Waals surface area contributed by atoms with Crippen LogP contribution in [0.5, 0.6) is 0 Å². The molecule has 98 valence electrons. The molecule has 0 aliphatic heterocycles. The van der Waals surface area contributed by atoms with Gasteiger partial charge in [0, 0.05) is 11.1 Å². The normalized spacial score (nSPS) is 10.3. The van der Waals surface area contributed by atoms with Gasteiger partial charge in [0.05, 0.1) is 12.7 Å². The number of ether oxygens (including phenoxy) is 1. The number of esters is 1. The maximum Gasteiger partial charge on any atom is 0.337 e. The molecule has 2 aromatic rings. The van der Waals surface area contributed by atoms with Gasteiger partial charge in [0.15, 0.2) is 11.6 Å². The van der Waals surface area contributed by atoms with Crippen LogP contribution in [0, 0.1) is 17.5 Å². The van der Waals surface area contributed by atoms with Crippen LogP contribution < -0.4 is 0 Å². The number of rotatable bonds is 2. The van der Waals surface area contributed by atoms with Crippen molar-refractivity contribution in [3.63, 3.8) is 0 Å². The summed E-state index contributed by atoms with van der Waals surface area (Å²) >= 11 is 0. The molecule has 0 aromatic heterocycles. The number of hydrogen-bond acceptors (Lipinski definition) is 2. The lowest BCUT2D eigenvalue weighted by atomic mass is 10.0. The number of methoxy groups -OCH3 is 1. The molecule has 0 unspecified atom stereocenters. The Morgan fingerprint density at radius 3 is 2.42 bits per heavy atom. The molecule has 0 atom stereocenters. The highest BCUT2D eigenvalue weighted by molar-refractivity contribution is 5.91. The van der Waals surface area contributed by atoms with Crippen LogP contribution in [0.15, 0.2) is 36.4 Å². The van der Waals surface area contributed by atoms with Crippen LogP contribution in [-0.2, 0) is 4.74 Å². The summed E-state index contributed by atoms with van der Waals surface area (Å²) in [6, 6.07) is 6.77. The summed E-state index contributed by atoms with van der Waals surface area (Å²) in [4.78, 5) is 11.3. The lowest BCUT2D eigenvalue weighted by molar-refractivity contribution is 0.0600. The molecule has 0 N–H and O–H groups in total. The van der Waals surface area contributed by atoms with Crippen molar-refractivity contribution in [1.82, 2.24) is 0 Å². The van der Waals surface area contributed by atoms with Crippen LogP contribution in [0.25, 0.3) is 11.1 Å². The van der Waals surface area contributed by atoms with Crippen LogP contribution >= 0.6 is 0 Å². The third-order valence-electron chi connectivity index (χ3n) is 2.63. The molecule has 0 saturated heterocycles. The van der Waals surface area contributed by atoms with E-state index >= 15 is 0 Å². The van der Waals surface area contributed by atoms with Gasteiger partial charge >= 0.3 is 5.97 Å². The van der Waals surface area contributed by atoms with Crippen molar-refractivity contribution < 1.29 is 22.7 Å². The fraction of sp³-hybridized carbons (Fsp3) is 0.0714. The minimum absolute atomic E-state index is 0.0579. The minimum Gasteiger partial charge on any atom is -0.465 e. The van der Waals surface area contributed by atoms with Gasteiger partial charge in [0.25, 0.3) is 0 Å². The fourth-order valence-corrected chi connectivity index (χ4v) is 1.69. The van der Waals surface area contributed by atoms with Crippen LogP contribution in [0.4, 0.5) is 13.2 Å². The van der Waals surface area contributed by atoms with Gasteiger partial charge in [-0.25, -0.2) is 18.0 Å². The highest BCUT2D eigenvalue weighted by Crippen LogP contribution is 2.28. The second-order valence-electron chi connectivity index (χ2n) is 3.79. The minimum atomic E-state index is -1.16. The molecule has 0 fully saturated rings. The Hall–Kier alpha value is -2.30. The summed E-state index contributed by atoms with van der Waals surface area (Å²) in [6.45, 7) is 0. The van der Waals surface area contributed by atoms with E-state index in [1.807, 2.05) is 0 Å². The van der Waals surface area contributed by atoms with Gasteiger partial charge in [-0.1, -0.05) is 12.1 Å². The molecule has 5 heteroatoms. The first-order valence-electron chi connectivity index (χ1n) is 5.37. The third kappa shape index (κ3) is 2.45. The molecular formula is C14H9F3O2. The van der Waals surface area contributed by atoms with Gasteiger partial charge in [-0.3, -0.25) is 0 Å². The monoisotopic (exact) mass is 266 g/mol. The average molecular weight is 266 g/mol. The maximum atomic E-state index is 13.7. The molecule has 0 heterocycles. The van der Waals surface area contributed by atoms with Gasteiger partial charge in [-0.05, 0) is 24.3 Å². The van der Waals surface area contributed by atoms with Crippen molar-refractivity contribution in [2.75, 3.05) is 7.11 Å². The highest BCUT2D eigenvalue weighted by Gasteiger charge is 2.16. The standard InChI is InChI=1S/C14H9F3O2/c1-19-14(18)8-5-6-11(15)10(7-8)9-3-2-4-12(16)13(9)17/h2-7H,1H3. The zero-order valence-corrected chi connectivity index (χ0v) is 9.91. The number of benzene rings is 2. The summed E-state index contributed by atoms with van der Waals surface area (Å²) in [5, 5.41) is 0. The Kier molecular flexibility index (Phi) is 3.55. The van der Waals surface area contributed by atoms with Crippen LogP contribution in [-0.4, -0.2) is 13.1 Å². The van der Waals surface area contributed by atoms with E-state index in [4.69, 9.17) is 0 Å². The van der Waals surface area contributed by atoms with E-state index in [0.717, 1.165) is 18.2 Å². The number of carbonyl (C=O) groups is 1. The van der Waals surface area contributed by atoms with E-state index in [1.54, 1.807) is 0 Å². The number of carbonyl (C=O) groups excluding carboxylic acids is 1. The van der Waals surface area contributed by atoms with Crippen molar-refractivity contribution in [3.8, 4) is 11.1 Å². The Morgan fingerprint density at radius 2 is 1.74 bits per heavy atom. The van der Waals surface area contributed by atoms with Crippen molar-refractivity contribution in [1.29, 1.82) is 0 Å². The van der Waals surface area contributed by atoms with Gasteiger partial charge in [-0.2, -0.15) is 0 Å². The summed E-state index contributed by atoms with van der Waals surface area (Å²) in [6.07, 6.45) is 0. The van der Waals surface area contributed by atoms with E-state index in [-0.39, 0.29) is 16.7 Å². The molecule has 0 saturated carbocycles. The van der Waals surface area contributed by atoms with Gasteiger partial charge in [0.1, 0.15) is 5.82 Å². The summed E-state index contributed by atoms with van der Waals surface area (Å²) in [7, 11) is 1.17. The maximum absolute atomic E-state index is 13.7. The molecular weight excluding hydrogens is 257 g/mol. The van der Waals surface area contributed by atoms with E-state index in [2.05, 4.69) is 4.74 Å². The first-order chi connectivity index (χ1) is 9.04. The van der Waals surface area contributed by atoms with E-state index in [9.17, 15) is 18.0 Å². The molecule has 0 amide bonds. The van der Waals surface area contributed by atoms with Gasteiger partial charge in [0.2, 0.25) is 0 Å². The van der Waals surface area contributed by atoms with Crippen LogP contribution in [0.1, 0.15) is 10.4 Å². The number of halogens is 3. The first kappa shape index (κ1) is 13.1. The van der Waals surface area contributed by atoms with Crippen molar-refractivity contribution in [2.45, 2.75) is 0 Å². The largest absolute Gasteiger partial charge is 0.465 e. The SMILES string of the molecule is COC(=O)c1ccc(F)c(-c2cccc(F)c2F)c1. The lowest BCUT2D eigenvalue weighted by Crippen LogP contribution is -2.02. The first-order valence-corrected chi connectivity index (χ1v) is 5.37. The molecule has 2 rings (SSSR count). The highest BCUT2D eigenvalue weighted by atomic mass is 19.2. The Bertz CT molecular complexity index is 639. The van der Waals surface area contributed by atoms with E-state index in [1.165, 1.54) is 25.3 Å². The summed E-state index contributed by atoms with van der Waals surface area (Å²) < 4.78 is 44.9. The number of hydrogen-bond donors (Lipinski definition) is 0. The molecule has 0 radical (unpaired) electrons. The van der Waals surface area contributed by atoms with Crippen LogP contribution in [0.2, 0.25) is 0 Å². The molecule has 2 nitrogen and oxygen atoms in total. The quantitative estimate of drug-likeness (QED) is 0.777. The fourth-order valence-electron chi connectivity index (χ4n) is 1.69. The molecule has 19 heavy (non-hydrogen) atoms. The van der Waals surface area contributed by atoms with E-state index < -0.39 is 23.4 Å². The second kappa shape index (κ2) is 5.14. The van der Waals surface area contributed by atoms with Gasteiger partial charge in [-0.15, -0.1) is 0 Å². The molecule has 0 bridgehead atoms. The molecule has 0 aliphatic carbocycles.